The summed E-state index contributed by atoms with van der Waals surface area (Å²) < 4.78 is 0. The number of hydrogen-bond donors (Lipinski definition) is 1. The van der Waals surface area contributed by atoms with Gasteiger partial charge < -0.3 is 14.8 Å². The number of para-hydroxylation sites is 1. The van der Waals surface area contributed by atoms with E-state index in [1.807, 2.05) is 24.3 Å². The third-order valence-electron chi connectivity index (χ3n) is 4.48. The smallest absolute Gasteiger partial charge is 0.258 e. The Hall–Kier alpha value is -3.08. The molecule has 2 aromatic carbocycles. The number of H-pyrrole nitrogens is 1. The van der Waals surface area contributed by atoms with Crippen LogP contribution in [0.1, 0.15) is 11.4 Å². The summed E-state index contributed by atoms with van der Waals surface area (Å²) >= 11 is 0. The third kappa shape index (κ3) is 3.13. The highest BCUT2D eigenvalue weighted by Gasteiger charge is 2.18. The number of benzene rings is 2. The molecule has 0 spiro atoms. The molecule has 1 N–H and O–H groups in total. The number of aromatic amines is 1. The molecular weight excluding hydrogens is 312 g/mol. The molecule has 0 radical (unpaired) electrons. The van der Waals surface area contributed by atoms with Gasteiger partial charge in [-0.1, -0.05) is 42.5 Å². The van der Waals surface area contributed by atoms with E-state index >= 15 is 0 Å². The van der Waals surface area contributed by atoms with Gasteiger partial charge in [0.2, 0.25) is 0 Å². The summed E-state index contributed by atoms with van der Waals surface area (Å²) in [4.78, 5) is 24.1. The van der Waals surface area contributed by atoms with Crippen LogP contribution in [0.3, 0.4) is 0 Å². The number of nitrogens with zero attached hydrogens (tertiary/aromatic N) is 3. The average Bonchev–Trinajstić information content (AvgIpc) is 3.02. The van der Waals surface area contributed by atoms with E-state index in [0.29, 0.717) is 11.8 Å². The monoisotopic (exact) mass is 332 g/mol. The molecule has 0 bridgehead atoms. The van der Waals surface area contributed by atoms with E-state index in [1.54, 1.807) is 6.07 Å². The van der Waals surface area contributed by atoms with Crippen LogP contribution in [0.15, 0.2) is 65.6 Å². The van der Waals surface area contributed by atoms with Gasteiger partial charge in [0, 0.05) is 26.2 Å². The molecule has 0 unspecified atom stereocenters. The molecule has 5 heteroatoms. The van der Waals surface area contributed by atoms with Crippen molar-refractivity contribution in [1.29, 1.82) is 0 Å². The van der Waals surface area contributed by atoms with Crippen LogP contribution >= 0.6 is 0 Å². The largest absolute Gasteiger partial charge is 0.358 e. The minimum Gasteiger partial charge on any atom is -0.358 e. The Labute approximate surface area is 146 Å². The molecule has 126 valence electrons. The standard InChI is InChI=1S/C20H20N4O/c1-23-14-24(13-18(23)15-7-3-2-4-8-15)12-11-19-21-17-10-6-5-9-16(17)20(25)22-19/h2-10,13H,11-12,14H2,1H3,(H,21,22,25). The predicted octanol–water partition coefficient (Wildman–Crippen LogP) is 2.67. The topological polar surface area (TPSA) is 52.2 Å². The van der Waals surface area contributed by atoms with E-state index in [9.17, 15) is 4.79 Å². The highest BCUT2D eigenvalue weighted by atomic mass is 16.1. The predicted molar refractivity (Wildman–Crippen MR) is 99.8 cm³/mol. The van der Waals surface area contributed by atoms with E-state index in [4.69, 9.17) is 0 Å². The second-order valence-electron chi connectivity index (χ2n) is 6.31. The first-order valence-corrected chi connectivity index (χ1v) is 8.41. The van der Waals surface area contributed by atoms with Gasteiger partial charge in [-0.25, -0.2) is 4.98 Å². The Kier molecular flexibility index (Phi) is 3.98. The van der Waals surface area contributed by atoms with Gasteiger partial charge in [-0.05, 0) is 17.7 Å². The van der Waals surface area contributed by atoms with E-state index < -0.39 is 0 Å². The normalized spacial score (nSPS) is 14.2. The number of hydrogen-bond acceptors (Lipinski definition) is 4. The summed E-state index contributed by atoms with van der Waals surface area (Å²) in [5.41, 5.74) is 3.10. The van der Waals surface area contributed by atoms with Crippen molar-refractivity contribution < 1.29 is 0 Å². The van der Waals surface area contributed by atoms with Gasteiger partial charge in [0.1, 0.15) is 5.82 Å². The Morgan fingerprint density at radius 3 is 2.68 bits per heavy atom. The minimum absolute atomic E-state index is 0.0698. The molecule has 0 saturated heterocycles. The fourth-order valence-electron chi connectivity index (χ4n) is 3.20. The Bertz CT molecular complexity index is 978. The van der Waals surface area contributed by atoms with Gasteiger partial charge in [0.05, 0.1) is 23.3 Å². The van der Waals surface area contributed by atoms with Crippen LogP contribution in [0.2, 0.25) is 0 Å². The van der Waals surface area contributed by atoms with Gasteiger partial charge in [0.15, 0.2) is 0 Å². The molecule has 0 fully saturated rings. The van der Waals surface area contributed by atoms with Crippen molar-refractivity contribution in [3.63, 3.8) is 0 Å². The maximum Gasteiger partial charge on any atom is 0.258 e. The summed E-state index contributed by atoms with van der Waals surface area (Å²) in [7, 11) is 2.09. The highest BCUT2D eigenvalue weighted by molar-refractivity contribution is 5.77. The molecule has 5 nitrogen and oxygen atoms in total. The molecule has 0 atom stereocenters. The number of fused-ring (bicyclic) bond motifs is 1. The molecule has 2 heterocycles. The second-order valence-corrected chi connectivity index (χ2v) is 6.31. The number of aromatic nitrogens is 2. The van der Waals surface area contributed by atoms with Crippen molar-refractivity contribution in [2.24, 2.45) is 0 Å². The molecule has 4 rings (SSSR count). The van der Waals surface area contributed by atoms with Gasteiger partial charge in [-0.3, -0.25) is 4.79 Å². The van der Waals surface area contributed by atoms with Gasteiger partial charge in [-0.15, -0.1) is 0 Å². The van der Waals surface area contributed by atoms with E-state index in [-0.39, 0.29) is 5.56 Å². The summed E-state index contributed by atoms with van der Waals surface area (Å²) in [6.45, 7) is 1.64. The quantitative estimate of drug-likeness (QED) is 0.798. The van der Waals surface area contributed by atoms with Crippen molar-refractivity contribution in [1.82, 2.24) is 19.8 Å². The zero-order chi connectivity index (χ0) is 17.2. The number of rotatable bonds is 4. The molecule has 0 aliphatic carbocycles. The van der Waals surface area contributed by atoms with Gasteiger partial charge in [0.25, 0.3) is 5.56 Å². The first kappa shape index (κ1) is 15.4. The van der Waals surface area contributed by atoms with Crippen molar-refractivity contribution in [2.45, 2.75) is 6.42 Å². The van der Waals surface area contributed by atoms with Gasteiger partial charge in [-0.2, -0.15) is 0 Å². The van der Waals surface area contributed by atoms with E-state index in [1.165, 1.54) is 11.3 Å². The van der Waals surface area contributed by atoms with Crippen LogP contribution < -0.4 is 5.56 Å². The summed E-state index contributed by atoms with van der Waals surface area (Å²) in [6.07, 6.45) is 2.88. The molecule has 3 aromatic rings. The Morgan fingerprint density at radius 2 is 1.84 bits per heavy atom. The molecule has 1 aromatic heterocycles. The molecular formula is C20H20N4O. The van der Waals surface area contributed by atoms with Crippen LogP contribution in [0.4, 0.5) is 0 Å². The van der Waals surface area contributed by atoms with Crippen LogP contribution in [0, 0.1) is 0 Å². The summed E-state index contributed by atoms with van der Waals surface area (Å²) in [5, 5.41) is 0.637. The Balaban J connectivity index is 1.51. The molecule has 1 aliphatic rings. The fourth-order valence-corrected chi connectivity index (χ4v) is 3.20. The SMILES string of the molecule is CN1CN(CCc2nc3ccccc3c(=O)[nH]2)C=C1c1ccccc1. The van der Waals surface area contributed by atoms with Crippen LogP contribution in [0.5, 0.6) is 0 Å². The Morgan fingerprint density at radius 1 is 1.08 bits per heavy atom. The van der Waals surface area contributed by atoms with E-state index in [2.05, 4.69) is 57.3 Å². The lowest BCUT2D eigenvalue weighted by Gasteiger charge is -2.19. The third-order valence-corrected chi connectivity index (χ3v) is 4.48. The van der Waals surface area contributed by atoms with Crippen molar-refractivity contribution >= 4 is 16.6 Å². The maximum atomic E-state index is 12.2. The molecule has 1 aliphatic heterocycles. The van der Waals surface area contributed by atoms with Crippen LogP contribution in [-0.4, -0.2) is 40.0 Å². The van der Waals surface area contributed by atoms with Crippen molar-refractivity contribution in [3.8, 4) is 0 Å². The lowest BCUT2D eigenvalue weighted by Crippen LogP contribution is -2.26. The van der Waals surface area contributed by atoms with Crippen molar-refractivity contribution in [2.75, 3.05) is 20.3 Å². The molecule has 0 amide bonds. The molecule has 25 heavy (non-hydrogen) atoms. The fraction of sp³-hybridized carbons (Fsp3) is 0.200. The van der Waals surface area contributed by atoms with E-state index in [0.717, 1.165) is 24.6 Å². The average molecular weight is 332 g/mol. The van der Waals surface area contributed by atoms with Crippen molar-refractivity contribution in [3.05, 3.63) is 82.5 Å². The maximum absolute atomic E-state index is 12.2. The first-order valence-electron chi connectivity index (χ1n) is 8.41. The van der Waals surface area contributed by atoms with Crippen LogP contribution in [-0.2, 0) is 6.42 Å². The first-order chi connectivity index (χ1) is 12.2. The zero-order valence-electron chi connectivity index (χ0n) is 14.1. The summed E-state index contributed by atoms with van der Waals surface area (Å²) in [5.74, 6) is 0.730. The van der Waals surface area contributed by atoms with Crippen LogP contribution in [0.25, 0.3) is 16.6 Å². The molecule has 0 saturated carbocycles. The number of nitrogens with one attached hydrogen (secondary N) is 1. The van der Waals surface area contributed by atoms with Gasteiger partial charge >= 0.3 is 0 Å². The lowest BCUT2D eigenvalue weighted by atomic mass is 10.1. The lowest BCUT2D eigenvalue weighted by molar-refractivity contribution is 0.303. The zero-order valence-corrected chi connectivity index (χ0v) is 14.1. The minimum atomic E-state index is -0.0698. The highest BCUT2D eigenvalue weighted by Crippen LogP contribution is 2.24. The summed E-state index contributed by atoms with van der Waals surface area (Å²) in [6, 6.07) is 17.8. The second kappa shape index (κ2) is 6.43.